The summed E-state index contributed by atoms with van der Waals surface area (Å²) in [5.74, 6) is 0. The Balaban J connectivity index is 1.41. The molecule has 24 heavy (non-hydrogen) atoms. The van der Waals surface area contributed by atoms with E-state index in [-0.39, 0.29) is 6.03 Å². The highest BCUT2D eigenvalue weighted by molar-refractivity contribution is 5.89. The van der Waals surface area contributed by atoms with Crippen molar-refractivity contribution in [3.8, 4) is 0 Å². The van der Waals surface area contributed by atoms with Crippen LogP contribution in [0.5, 0.6) is 0 Å². The number of carbonyl (C=O) groups is 1. The standard InChI is InChI=1S/C17H20N6O/c1-21(15-5-4-6-15)17(24)20-13-9-18-23(11-13)12-14-10-22-8-3-2-7-16(22)19-14/h2-3,7-11,15H,4-6,12H2,1H3,(H,20,24). The van der Waals surface area contributed by atoms with Gasteiger partial charge in [0.2, 0.25) is 0 Å². The van der Waals surface area contributed by atoms with E-state index >= 15 is 0 Å². The van der Waals surface area contributed by atoms with E-state index in [1.807, 2.05) is 48.2 Å². The average molecular weight is 324 g/mol. The summed E-state index contributed by atoms with van der Waals surface area (Å²) in [4.78, 5) is 18.5. The number of hydrogen-bond donors (Lipinski definition) is 1. The monoisotopic (exact) mass is 324 g/mol. The second-order valence-corrected chi connectivity index (χ2v) is 6.25. The molecular formula is C17H20N6O. The van der Waals surface area contributed by atoms with Crippen molar-refractivity contribution in [2.45, 2.75) is 31.8 Å². The molecule has 0 spiro atoms. The van der Waals surface area contributed by atoms with Gasteiger partial charge in [-0.1, -0.05) is 6.07 Å². The van der Waals surface area contributed by atoms with Crippen molar-refractivity contribution in [2.75, 3.05) is 12.4 Å². The Hall–Kier alpha value is -2.83. The van der Waals surface area contributed by atoms with Crippen LogP contribution in [0.15, 0.2) is 43.0 Å². The summed E-state index contributed by atoms with van der Waals surface area (Å²) in [6, 6.07) is 6.20. The Bertz CT molecular complexity index is 830. The van der Waals surface area contributed by atoms with Gasteiger partial charge in [-0.25, -0.2) is 9.78 Å². The molecule has 3 aromatic heterocycles. The molecule has 0 bridgehead atoms. The molecule has 1 aliphatic rings. The molecule has 4 rings (SSSR count). The number of hydrogen-bond acceptors (Lipinski definition) is 3. The Morgan fingerprint density at radius 1 is 1.38 bits per heavy atom. The molecule has 3 aromatic rings. The summed E-state index contributed by atoms with van der Waals surface area (Å²) in [5.41, 5.74) is 2.54. The van der Waals surface area contributed by atoms with Crippen molar-refractivity contribution in [1.82, 2.24) is 24.1 Å². The molecule has 1 saturated carbocycles. The smallest absolute Gasteiger partial charge is 0.321 e. The third kappa shape index (κ3) is 2.84. The van der Waals surface area contributed by atoms with Crippen LogP contribution in [0, 0.1) is 0 Å². The van der Waals surface area contributed by atoms with Crippen molar-refractivity contribution in [3.63, 3.8) is 0 Å². The number of pyridine rings is 1. The lowest BCUT2D eigenvalue weighted by Crippen LogP contribution is -2.43. The minimum atomic E-state index is -0.0769. The van der Waals surface area contributed by atoms with Gasteiger partial charge in [0.05, 0.1) is 24.1 Å². The van der Waals surface area contributed by atoms with Crippen molar-refractivity contribution < 1.29 is 4.79 Å². The van der Waals surface area contributed by atoms with E-state index < -0.39 is 0 Å². The first kappa shape index (κ1) is 14.7. The van der Waals surface area contributed by atoms with Gasteiger partial charge in [0, 0.05) is 31.7 Å². The normalized spacial score (nSPS) is 14.5. The molecular weight excluding hydrogens is 304 g/mol. The minimum absolute atomic E-state index is 0.0769. The number of imidazole rings is 1. The maximum atomic E-state index is 12.2. The topological polar surface area (TPSA) is 67.5 Å². The van der Waals surface area contributed by atoms with Gasteiger partial charge in [0.15, 0.2) is 0 Å². The molecule has 1 N–H and O–H groups in total. The van der Waals surface area contributed by atoms with E-state index in [1.54, 1.807) is 15.8 Å². The molecule has 0 saturated heterocycles. The molecule has 0 radical (unpaired) electrons. The van der Waals surface area contributed by atoms with Gasteiger partial charge < -0.3 is 14.6 Å². The summed E-state index contributed by atoms with van der Waals surface area (Å²) in [7, 11) is 1.85. The number of carbonyl (C=O) groups excluding carboxylic acids is 1. The Morgan fingerprint density at radius 2 is 2.25 bits per heavy atom. The van der Waals surface area contributed by atoms with Crippen LogP contribution in [0.2, 0.25) is 0 Å². The van der Waals surface area contributed by atoms with Crippen LogP contribution in [-0.2, 0) is 6.54 Å². The number of amides is 2. The fourth-order valence-electron chi connectivity index (χ4n) is 2.90. The molecule has 2 amide bonds. The molecule has 0 aliphatic heterocycles. The lowest BCUT2D eigenvalue weighted by molar-refractivity contribution is 0.169. The molecule has 1 fully saturated rings. The summed E-state index contributed by atoms with van der Waals surface area (Å²) >= 11 is 0. The minimum Gasteiger partial charge on any atom is -0.325 e. The van der Waals surface area contributed by atoms with Gasteiger partial charge in [0.1, 0.15) is 5.65 Å². The molecule has 0 aromatic carbocycles. The van der Waals surface area contributed by atoms with Crippen molar-refractivity contribution >= 4 is 17.4 Å². The molecule has 1 aliphatic carbocycles. The predicted octanol–water partition coefficient (Wildman–Crippen LogP) is 2.60. The molecule has 124 valence electrons. The van der Waals surface area contributed by atoms with Crippen molar-refractivity contribution in [2.24, 2.45) is 0 Å². The highest BCUT2D eigenvalue weighted by Crippen LogP contribution is 2.24. The third-order valence-electron chi connectivity index (χ3n) is 4.57. The third-order valence-corrected chi connectivity index (χ3v) is 4.57. The van der Waals surface area contributed by atoms with Crippen LogP contribution in [0.25, 0.3) is 5.65 Å². The second kappa shape index (κ2) is 5.99. The van der Waals surface area contributed by atoms with Crippen LogP contribution >= 0.6 is 0 Å². The van der Waals surface area contributed by atoms with Gasteiger partial charge in [-0.2, -0.15) is 5.10 Å². The number of urea groups is 1. The van der Waals surface area contributed by atoms with E-state index in [2.05, 4.69) is 15.4 Å². The lowest BCUT2D eigenvalue weighted by Gasteiger charge is -2.34. The maximum Gasteiger partial charge on any atom is 0.321 e. The van der Waals surface area contributed by atoms with E-state index in [4.69, 9.17) is 0 Å². The van der Waals surface area contributed by atoms with Crippen LogP contribution < -0.4 is 5.32 Å². The molecule has 3 heterocycles. The summed E-state index contributed by atoms with van der Waals surface area (Å²) in [5, 5.41) is 7.21. The molecule has 0 atom stereocenters. The summed E-state index contributed by atoms with van der Waals surface area (Å²) < 4.78 is 3.76. The first-order valence-electron chi connectivity index (χ1n) is 8.18. The first-order valence-corrected chi connectivity index (χ1v) is 8.18. The zero-order valence-corrected chi connectivity index (χ0v) is 13.6. The number of nitrogens with zero attached hydrogens (tertiary/aromatic N) is 5. The van der Waals surface area contributed by atoms with E-state index in [1.165, 1.54) is 6.42 Å². The SMILES string of the molecule is CN(C(=O)Nc1cnn(Cc2cn3ccccc3n2)c1)C1CCC1. The number of anilines is 1. The Kier molecular flexibility index (Phi) is 3.68. The first-order chi connectivity index (χ1) is 11.7. The largest absolute Gasteiger partial charge is 0.325 e. The van der Waals surface area contributed by atoms with Crippen LogP contribution in [0.1, 0.15) is 25.0 Å². The number of aromatic nitrogens is 4. The van der Waals surface area contributed by atoms with Crippen LogP contribution in [0.3, 0.4) is 0 Å². The molecule has 7 nitrogen and oxygen atoms in total. The van der Waals surface area contributed by atoms with Crippen LogP contribution in [-0.4, -0.2) is 43.2 Å². The quantitative estimate of drug-likeness (QED) is 0.802. The molecule has 0 unspecified atom stereocenters. The van der Waals surface area contributed by atoms with E-state index in [0.717, 1.165) is 24.2 Å². The fourth-order valence-corrected chi connectivity index (χ4v) is 2.90. The van der Waals surface area contributed by atoms with E-state index in [0.29, 0.717) is 18.3 Å². The van der Waals surface area contributed by atoms with Gasteiger partial charge in [-0.15, -0.1) is 0 Å². The van der Waals surface area contributed by atoms with Gasteiger partial charge in [-0.05, 0) is 31.4 Å². The average Bonchev–Trinajstić information content (AvgIpc) is 3.11. The molecule has 7 heteroatoms. The number of rotatable bonds is 4. The van der Waals surface area contributed by atoms with E-state index in [9.17, 15) is 4.79 Å². The highest BCUT2D eigenvalue weighted by Gasteiger charge is 2.25. The summed E-state index contributed by atoms with van der Waals surface area (Å²) in [6.07, 6.45) is 10.8. The second-order valence-electron chi connectivity index (χ2n) is 6.25. The van der Waals surface area contributed by atoms with Crippen molar-refractivity contribution in [3.05, 3.63) is 48.7 Å². The summed E-state index contributed by atoms with van der Waals surface area (Å²) in [6.45, 7) is 0.565. The Morgan fingerprint density at radius 3 is 3.00 bits per heavy atom. The fraction of sp³-hybridized carbons (Fsp3) is 0.353. The van der Waals surface area contributed by atoms with Gasteiger partial charge in [0.25, 0.3) is 0 Å². The predicted molar refractivity (Wildman–Crippen MR) is 90.9 cm³/mol. The maximum absolute atomic E-state index is 12.2. The van der Waals surface area contributed by atoms with Crippen molar-refractivity contribution in [1.29, 1.82) is 0 Å². The van der Waals surface area contributed by atoms with Gasteiger partial charge in [-0.3, -0.25) is 4.68 Å². The zero-order chi connectivity index (χ0) is 16.5. The Labute approximate surface area is 139 Å². The zero-order valence-electron chi connectivity index (χ0n) is 13.6. The van der Waals surface area contributed by atoms with Gasteiger partial charge >= 0.3 is 6.03 Å². The number of nitrogens with one attached hydrogen (secondary N) is 1. The number of fused-ring (bicyclic) bond motifs is 1. The highest BCUT2D eigenvalue weighted by atomic mass is 16.2. The van der Waals surface area contributed by atoms with Crippen LogP contribution in [0.4, 0.5) is 10.5 Å². The lowest BCUT2D eigenvalue weighted by atomic mass is 9.92.